The van der Waals surface area contributed by atoms with Crippen LogP contribution in [-0.2, 0) is 30.9 Å². The molecule has 2 aromatic carbocycles. The number of allylic oxidation sites excluding steroid dienone is 2. The molecule has 4 aromatic heterocycles. The minimum Gasteiger partial charge on any atom is -0.494 e. The molecule has 0 radical (unpaired) electrons. The van der Waals surface area contributed by atoms with Crippen LogP contribution in [0.5, 0.6) is 11.5 Å². The summed E-state index contributed by atoms with van der Waals surface area (Å²) in [4.78, 5) is 66.4. The van der Waals surface area contributed by atoms with E-state index in [1.165, 1.54) is 17.9 Å². The Hall–Kier alpha value is -7.13. The first-order valence-corrected chi connectivity index (χ1v) is 20.4. The molecule has 0 unspecified atom stereocenters. The first kappa shape index (κ1) is 40.3. The Bertz CT molecular complexity index is 2870. The van der Waals surface area contributed by atoms with Gasteiger partial charge in [-0.25, -0.2) is 9.97 Å². The zero-order valence-electron chi connectivity index (χ0n) is 35.0. The van der Waals surface area contributed by atoms with Crippen LogP contribution in [0, 0.1) is 13.8 Å². The Kier molecular flexibility index (Phi) is 10.0. The number of nitrogens with two attached hydrogens (primary N) is 2. The van der Waals surface area contributed by atoms with Crippen molar-refractivity contribution < 1.29 is 38.0 Å². The second kappa shape index (κ2) is 15.4. The van der Waals surface area contributed by atoms with Crippen molar-refractivity contribution in [3.8, 4) is 17.2 Å². The number of benzene rings is 2. The molecule has 0 atom stereocenters. The van der Waals surface area contributed by atoms with E-state index in [-0.39, 0.29) is 53.2 Å². The first-order chi connectivity index (χ1) is 29.9. The fourth-order valence-corrected chi connectivity index (χ4v) is 8.64. The zero-order valence-corrected chi connectivity index (χ0v) is 35.0. The summed E-state index contributed by atoms with van der Waals surface area (Å²) in [6, 6.07) is 6.24. The van der Waals surface area contributed by atoms with Gasteiger partial charge in [0.25, 0.3) is 11.7 Å². The molecule has 21 heteroatoms. The zero-order chi connectivity index (χ0) is 43.6. The summed E-state index contributed by atoms with van der Waals surface area (Å²) in [7, 11) is 1.47. The van der Waals surface area contributed by atoms with Crippen LogP contribution < -0.4 is 36.1 Å². The number of carbonyl (C=O) groups excluding carboxylic acids is 4. The standard InChI is InChI=1S/C41H46N14O7/c1-6-53-33-30(22(3)48-53)55-23(4)49-54(7-2)38(55)37(59)47-40-44-26-16-24(34(42)56)18-28(60-5)31(26)51(40)11-8-9-12-52-32-27(45-39(52)46-36(33)58)17-25(35(43)57)19-29(32)62-15-14-50-13-10-41(50)20-61-21-41/h8-9,16-19H,6-7,10-15,20-21H2,1-5H3,(H5-,42,43,44,45,46,47,56,57,58,59)/p+1/b9-8+. The Morgan fingerprint density at radius 1 is 0.855 bits per heavy atom. The highest BCUT2D eigenvalue weighted by Gasteiger charge is 2.50. The molecule has 4 amide bonds. The number of rotatable bonds is 9. The van der Waals surface area contributed by atoms with Gasteiger partial charge in [0.05, 0.1) is 42.6 Å². The van der Waals surface area contributed by atoms with E-state index in [1.54, 1.807) is 50.4 Å². The Morgan fingerprint density at radius 3 is 1.98 bits per heavy atom. The fraction of sp³-hybridized carbons (Fsp3) is 0.390. The molecule has 1 spiro atoms. The molecule has 322 valence electrons. The van der Waals surface area contributed by atoms with Crippen molar-refractivity contribution in [1.29, 1.82) is 0 Å². The van der Waals surface area contributed by atoms with Crippen LogP contribution in [0.15, 0.2) is 36.4 Å². The van der Waals surface area contributed by atoms with Gasteiger partial charge in [0.1, 0.15) is 35.7 Å². The number of nitrogens with zero attached hydrogens (tertiary/aromatic N) is 10. The molecule has 7 heterocycles. The van der Waals surface area contributed by atoms with Crippen molar-refractivity contribution in [3.63, 3.8) is 0 Å². The lowest BCUT2D eigenvalue weighted by atomic mass is 9.83. The van der Waals surface area contributed by atoms with Crippen LogP contribution in [0.1, 0.15) is 73.6 Å². The molecule has 3 aliphatic heterocycles. The van der Waals surface area contributed by atoms with Crippen LogP contribution in [-0.4, -0.2) is 113 Å². The van der Waals surface area contributed by atoms with Gasteiger partial charge in [-0.05, 0) is 51.5 Å². The number of aryl methyl sites for hydroxylation is 4. The van der Waals surface area contributed by atoms with E-state index in [0.29, 0.717) is 90.2 Å². The van der Waals surface area contributed by atoms with Gasteiger partial charge in [-0.2, -0.15) is 9.67 Å². The summed E-state index contributed by atoms with van der Waals surface area (Å²) in [5.74, 6) is -0.962. The number of anilines is 2. The molecular formula is C41H47N14O7+. The number of methoxy groups -OCH3 is 1. The van der Waals surface area contributed by atoms with E-state index < -0.39 is 23.6 Å². The molecule has 0 aliphatic carbocycles. The molecular weight excluding hydrogens is 801 g/mol. The van der Waals surface area contributed by atoms with E-state index in [4.69, 9.17) is 45.8 Å². The average Bonchev–Trinajstić information content (AvgIpc) is 3.95. The van der Waals surface area contributed by atoms with Gasteiger partial charge in [0.2, 0.25) is 23.7 Å². The number of carbonyl (C=O) groups is 4. The number of primary amides is 2. The van der Waals surface area contributed by atoms with Crippen molar-refractivity contribution in [1.82, 2.24) is 43.6 Å². The van der Waals surface area contributed by atoms with E-state index in [2.05, 4.69) is 15.5 Å². The van der Waals surface area contributed by atoms with Gasteiger partial charge in [-0.3, -0.25) is 39.4 Å². The topological polar surface area (TPSA) is 250 Å². The number of hydrogen-bond donors (Lipinski definition) is 4. The normalized spacial score (nSPS) is 16.7. The van der Waals surface area contributed by atoms with Crippen molar-refractivity contribution in [2.24, 2.45) is 11.5 Å². The number of aromatic nitrogens is 9. The van der Waals surface area contributed by atoms with Gasteiger partial charge in [-0.1, -0.05) is 12.2 Å². The number of likely N-dealkylation sites (tertiary alicyclic amines) is 1. The second-order valence-corrected chi connectivity index (χ2v) is 15.5. The summed E-state index contributed by atoms with van der Waals surface area (Å²) < 4.78 is 26.0. The van der Waals surface area contributed by atoms with Crippen molar-refractivity contribution in [2.45, 2.75) is 65.8 Å². The second-order valence-electron chi connectivity index (χ2n) is 15.5. The Balaban J connectivity index is 1.23. The summed E-state index contributed by atoms with van der Waals surface area (Å²) in [6.07, 6.45) is 4.79. The summed E-state index contributed by atoms with van der Waals surface area (Å²) in [5, 5.41) is 15.4. The highest BCUT2D eigenvalue weighted by Crippen LogP contribution is 2.38. The number of fused-ring (bicyclic) bond motifs is 9. The van der Waals surface area contributed by atoms with Crippen LogP contribution in [0.25, 0.3) is 27.8 Å². The van der Waals surface area contributed by atoms with E-state index in [9.17, 15) is 19.2 Å². The Morgan fingerprint density at radius 2 is 1.45 bits per heavy atom. The molecule has 9 rings (SSSR count). The van der Waals surface area contributed by atoms with Gasteiger partial charge >= 0.3 is 11.7 Å². The molecule has 6 N–H and O–H groups in total. The molecule has 6 aromatic rings. The number of hydrogen-bond acceptors (Lipinski definition) is 12. The number of ether oxygens (including phenoxy) is 3. The highest BCUT2D eigenvalue weighted by molar-refractivity contribution is 6.07. The lowest BCUT2D eigenvalue weighted by Crippen LogP contribution is -2.71. The number of amides is 4. The Labute approximate surface area is 354 Å². The SMILES string of the molecule is CCn1nc(C)c2c1C(=O)Nc1nc3cc(C(N)=O)cc(OCCN4CCC45COC5)c3n1C/C=C/Cn1c(nc3cc(C(N)=O)cc(OC)c31)NC(=O)c1n(CC)nc(C)[n+]1-2. The molecule has 2 saturated heterocycles. The maximum absolute atomic E-state index is 14.8. The van der Waals surface area contributed by atoms with Gasteiger partial charge in [0, 0.05) is 55.9 Å². The molecule has 0 bridgehead atoms. The predicted octanol–water partition coefficient (Wildman–Crippen LogP) is 1.85. The number of imidazole rings is 2. The first-order valence-electron chi connectivity index (χ1n) is 20.4. The summed E-state index contributed by atoms with van der Waals surface area (Å²) >= 11 is 0. The lowest BCUT2D eigenvalue weighted by Gasteiger charge is -2.57. The van der Waals surface area contributed by atoms with Crippen LogP contribution in [0.3, 0.4) is 0 Å². The maximum atomic E-state index is 14.8. The third kappa shape index (κ3) is 6.51. The minimum atomic E-state index is -0.673. The van der Waals surface area contributed by atoms with Crippen molar-refractivity contribution in [3.05, 3.63) is 70.6 Å². The van der Waals surface area contributed by atoms with Crippen molar-refractivity contribution in [2.75, 3.05) is 50.7 Å². The van der Waals surface area contributed by atoms with Gasteiger partial charge in [-0.15, -0.1) is 4.68 Å². The predicted molar refractivity (Wildman–Crippen MR) is 224 cm³/mol. The smallest absolute Gasteiger partial charge is 0.331 e. The van der Waals surface area contributed by atoms with Crippen molar-refractivity contribution >= 4 is 57.6 Å². The third-order valence-corrected chi connectivity index (χ3v) is 11.9. The summed E-state index contributed by atoms with van der Waals surface area (Å²) in [6.45, 7) is 11.4. The minimum absolute atomic E-state index is 0.0602. The molecule has 3 aliphatic rings. The summed E-state index contributed by atoms with van der Waals surface area (Å²) in [5.41, 5.74) is 14.6. The highest BCUT2D eigenvalue weighted by atomic mass is 16.5. The number of nitrogens with one attached hydrogen (secondary N) is 2. The lowest BCUT2D eigenvalue weighted by molar-refractivity contribution is -0.606. The molecule has 2 fully saturated rings. The molecule has 21 nitrogen and oxygen atoms in total. The van der Waals surface area contributed by atoms with Gasteiger partial charge in [0.15, 0.2) is 11.4 Å². The largest absolute Gasteiger partial charge is 0.494 e. The van der Waals surface area contributed by atoms with Gasteiger partial charge < -0.3 is 34.8 Å². The maximum Gasteiger partial charge on any atom is 0.331 e. The van der Waals surface area contributed by atoms with E-state index in [0.717, 1.165) is 13.0 Å². The third-order valence-electron chi connectivity index (χ3n) is 11.9. The fourth-order valence-electron chi connectivity index (χ4n) is 8.64. The van der Waals surface area contributed by atoms with E-state index >= 15 is 0 Å². The monoisotopic (exact) mass is 847 g/mol. The quantitative estimate of drug-likeness (QED) is 0.120. The van der Waals surface area contributed by atoms with Crippen LogP contribution >= 0.6 is 0 Å². The average molecular weight is 848 g/mol. The molecule has 0 saturated carbocycles. The van der Waals surface area contributed by atoms with Crippen LogP contribution in [0.4, 0.5) is 11.9 Å². The molecule has 62 heavy (non-hydrogen) atoms. The van der Waals surface area contributed by atoms with Crippen LogP contribution in [0.2, 0.25) is 0 Å². The van der Waals surface area contributed by atoms with E-state index in [1.807, 2.05) is 26.0 Å².